The molecular weight excluding hydrogens is 302 g/mol. The zero-order valence-electron chi connectivity index (χ0n) is 14.2. The lowest BCUT2D eigenvalue weighted by molar-refractivity contribution is 0.0944. The van der Waals surface area contributed by atoms with Gasteiger partial charge in [0.05, 0.1) is 0 Å². The van der Waals surface area contributed by atoms with Crippen LogP contribution in [0, 0.1) is 5.92 Å². The third-order valence-electron chi connectivity index (χ3n) is 4.43. The maximum absolute atomic E-state index is 12.5. The molecule has 2 aromatic rings. The van der Waals surface area contributed by atoms with Crippen LogP contribution in [0.25, 0.3) is 0 Å². The van der Waals surface area contributed by atoms with Gasteiger partial charge in [0.15, 0.2) is 5.69 Å². The van der Waals surface area contributed by atoms with E-state index in [1.54, 1.807) is 0 Å². The molecule has 1 unspecified atom stereocenters. The number of nitrogens with zero attached hydrogens (tertiary/aromatic N) is 1. The van der Waals surface area contributed by atoms with Gasteiger partial charge in [-0.1, -0.05) is 32.0 Å². The first-order chi connectivity index (χ1) is 11.6. The topological polar surface area (TPSA) is 81.8 Å². The van der Waals surface area contributed by atoms with Crippen LogP contribution in [-0.4, -0.2) is 35.2 Å². The highest BCUT2D eigenvalue weighted by atomic mass is 16.1. The maximum Gasteiger partial charge on any atom is 0.272 e. The number of rotatable bonds is 6. The average Bonchev–Trinajstić information content (AvgIpc) is 3.03. The van der Waals surface area contributed by atoms with Crippen LogP contribution in [0.15, 0.2) is 30.3 Å². The number of para-hydroxylation sites is 1. The van der Waals surface area contributed by atoms with Gasteiger partial charge >= 0.3 is 0 Å². The molecule has 128 valence electrons. The van der Waals surface area contributed by atoms with E-state index in [-0.39, 0.29) is 11.9 Å². The van der Waals surface area contributed by atoms with Crippen LogP contribution in [0.4, 0.5) is 5.69 Å². The van der Waals surface area contributed by atoms with Gasteiger partial charge in [-0.3, -0.25) is 9.89 Å². The van der Waals surface area contributed by atoms with E-state index in [0.29, 0.717) is 24.7 Å². The van der Waals surface area contributed by atoms with E-state index in [0.717, 1.165) is 29.9 Å². The summed E-state index contributed by atoms with van der Waals surface area (Å²) in [5.41, 5.74) is 3.64. The molecule has 0 radical (unpaired) electrons. The Morgan fingerprint density at radius 1 is 1.29 bits per heavy atom. The van der Waals surface area contributed by atoms with E-state index in [9.17, 15) is 4.79 Å². The molecule has 0 aliphatic carbocycles. The lowest BCUT2D eigenvalue weighted by atomic mass is 10.0. The summed E-state index contributed by atoms with van der Waals surface area (Å²) in [6.45, 7) is 6.47. The van der Waals surface area contributed by atoms with Crippen LogP contribution in [0.3, 0.4) is 0 Å². The number of aromatic amines is 1. The van der Waals surface area contributed by atoms with E-state index < -0.39 is 0 Å². The third-order valence-corrected chi connectivity index (χ3v) is 4.43. The van der Waals surface area contributed by atoms with Crippen molar-refractivity contribution in [3.8, 4) is 0 Å². The molecule has 0 spiro atoms. The molecule has 1 aliphatic rings. The van der Waals surface area contributed by atoms with Gasteiger partial charge in [-0.05, 0) is 18.1 Å². The summed E-state index contributed by atoms with van der Waals surface area (Å²) in [6.07, 6.45) is 0.889. The number of amides is 1. The second kappa shape index (κ2) is 7.49. The highest BCUT2D eigenvalue weighted by Gasteiger charge is 2.22. The van der Waals surface area contributed by atoms with E-state index in [1.165, 1.54) is 0 Å². The second-order valence-corrected chi connectivity index (χ2v) is 6.53. The van der Waals surface area contributed by atoms with Gasteiger partial charge < -0.3 is 16.0 Å². The van der Waals surface area contributed by atoms with Crippen LogP contribution < -0.4 is 16.0 Å². The molecule has 6 nitrogen and oxygen atoms in total. The molecule has 1 amide bonds. The normalized spacial score (nSPS) is 15.0. The lowest BCUT2D eigenvalue weighted by Gasteiger charge is -2.24. The van der Waals surface area contributed by atoms with Gasteiger partial charge in [0, 0.05) is 49.0 Å². The SMILES string of the molecule is CC(C)C(CNC(=O)c1n[nH]c2c1CNCC2)Nc1ccccc1. The Kier molecular flexibility index (Phi) is 5.15. The Morgan fingerprint density at radius 2 is 2.08 bits per heavy atom. The third kappa shape index (κ3) is 3.76. The van der Waals surface area contributed by atoms with E-state index >= 15 is 0 Å². The van der Waals surface area contributed by atoms with Crippen LogP contribution >= 0.6 is 0 Å². The highest BCUT2D eigenvalue weighted by molar-refractivity contribution is 5.94. The number of nitrogens with one attached hydrogen (secondary N) is 4. The summed E-state index contributed by atoms with van der Waals surface area (Å²) in [7, 11) is 0. The summed E-state index contributed by atoms with van der Waals surface area (Å²) in [6, 6.07) is 10.2. The summed E-state index contributed by atoms with van der Waals surface area (Å²) in [5.74, 6) is 0.275. The predicted molar refractivity (Wildman–Crippen MR) is 95.0 cm³/mol. The maximum atomic E-state index is 12.5. The summed E-state index contributed by atoms with van der Waals surface area (Å²) < 4.78 is 0. The molecular formula is C18H25N5O. The van der Waals surface area contributed by atoms with Crippen molar-refractivity contribution in [2.75, 3.05) is 18.4 Å². The van der Waals surface area contributed by atoms with Gasteiger partial charge in [-0.25, -0.2) is 0 Å². The Balaban J connectivity index is 1.62. The van der Waals surface area contributed by atoms with Gasteiger partial charge in [-0.15, -0.1) is 0 Å². The first-order valence-corrected chi connectivity index (χ1v) is 8.51. The number of benzene rings is 1. The summed E-state index contributed by atoms with van der Waals surface area (Å²) in [4.78, 5) is 12.5. The van der Waals surface area contributed by atoms with Crippen molar-refractivity contribution in [2.24, 2.45) is 5.92 Å². The van der Waals surface area contributed by atoms with Crippen molar-refractivity contribution < 1.29 is 4.79 Å². The first-order valence-electron chi connectivity index (χ1n) is 8.51. The van der Waals surface area contributed by atoms with Gasteiger partial charge in [-0.2, -0.15) is 5.10 Å². The minimum atomic E-state index is -0.114. The van der Waals surface area contributed by atoms with E-state index in [4.69, 9.17) is 0 Å². The Labute approximate surface area is 142 Å². The molecule has 1 aromatic carbocycles. The van der Waals surface area contributed by atoms with Crippen molar-refractivity contribution in [3.63, 3.8) is 0 Å². The number of hydrogen-bond donors (Lipinski definition) is 4. The van der Waals surface area contributed by atoms with Crippen molar-refractivity contribution in [1.82, 2.24) is 20.8 Å². The summed E-state index contributed by atoms with van der Waals surface area (Å²) >= 11 is 0. The predicted octanol–water partition coefficient (Wildman–Crippen LogP) is 1.92. The first kappa shape index (κ1) is 16.5. The second-order valence-electron chi connectivity index (χ2n) is 6.53. The van der Waals surface area contributed by atoms with Gasteiger partial charge in [0.25, 0.3) is 5.91 Å². The minimum Gasteiger partial charge on any atom is -0.380 e. The molecule has 0 fully saturated rings. The van der Waals surface area contributed by atoms with E-state index in [1.807, 2.05) is 30.3 Å². The molecule has 3 rings (SSSR count). The number of carbonyl (C=O) groups excluding carboxylic acids is 1. The van der Waals surface area contributed by atoms with Crippen molar-refractivity contribution in [1.29, 1.82) is 0 Å². The number of H-pyrrole nitrogens is 1. The minimum absolute atomic E-state index is 0.114. The quantitative estimate of drug-likeness (QED) is 0.653. The number of anilines is 1. The number of aromatic nitrogens is 2. The fraction of sp³-hybridized carbons (Fsp3) is 0.444. The smallest absolute Gasteiger partial charge is 0.272 e. The molecule has 0 saturated heterocycles. The number of carbonyl (C=O) groups is 1. The molecule has 0 bridgehead atoms. The van der Waals surface area contributed by atoms with Crippen molar-refractivity contribution in [2.45, 2.75) is 32.9 Å². The average molecular weight is 327 g/mol. The highest BCUT2D eigenvalue weighted by Crippen LogP contribution is 2.16. The fourth-order valence-electron chi connectivity index (χ4n) is 2.90. The van der Waals surface area contributed by atoms with Crippen LogP contribution in [0.5, 0.6) is 0 Å². The molecule has 1 aromatic heterocycles. The van der Waals surface area contributed by atoms with Crippen molar-refractivity contribution in [3.05, 3.63) is 47.3 Å². The number of hydrogen-bond acceptors (Lipinski definition) is 4. The Hall–Kier alpha value is -2.34. The number of fused-ring (bicyclic) bond motifs is 1. The van der Waals surface area contributed by atoms with Gasteiger partial charge in [0.2, 0.25) is 0 Å². The molecule has 6 heteroatoms. The van der Waals surface area contributed by atoms with E-state index in [2.05, 4.69) is 40.0 Å². The molecule has 24 heavy (non-hydrogen) atoms. The van der Waals surface area contributed by atoms with Crippen LogP contribution in [0.2, 0.25) is 0 Å². The monoisotopic (exact) mass is 327 g/mol. The molecule has 1 aliphatic heterocycles. The molecule has 2 heterocycles. The lowest BCUT2D eigenvalue weighted by Crippen LogP contribution is -2.40. The zero-order chi connectivity index (χ0) is 16.9. The fourth-order valence-corrected chi connectivity index (χ4v) is 2.90. The summed E-state index contributed by atoms with van der Waals surface area (Å²) in [5, 5.41) is 17.0. The van der Waals surface area contributed by atoms with Crippen LogP contribution in [0.1, 0.15) is 35.6 Å². The largest absolute Gasteiger partial charge is 0.380 e. The van der Waals surface area contributed by atoms with Crippen molar-refractivity contribution >= 4 is 11.6 Å². The standard InChI is InChI=1S/C18H25N5O/c1-12(2)16(21-13-6-4-3-5-7-13)11-20-18(24)17-14-10-19-9-8-15(14)22-23-17/h3-7,12,16,19,21H,8-11H2,1-2H3,(H,20,24)(H,22,23). The Bertz CT molecular complexity index is 680. The molecule has 4 N–H and O–H groups in total. The van der Waals surface area contributed by atoms with Gasteiger partial charge in [0.1, 0.15) is 0 Å². The molecule has 0 saturated carbocycles. The Morgan fingerprint density at radius 3 is 2.83 bits per heavy atom. The molecule has 1 atom stereocenters. The van der Waals surface area contributed by atoms with Crippen LogP contribution in [-0.2, 0) is 13.0 Å². The zero-order valence-corrected chi connectivity index (χ0v) is 14.2.